The predicted octanol–water partition coefficient (Wildman–Crippen LogP) is 2.67. The van der Waals surface area contributed by atoms with E-state index in [0.717, 1.165) is 24.1 Å². The molecule has 0 aliphatic carbocycles. The average molecular weight is 270 g/mol. The summed E-state index contributed by atoms with van der Waals surface area (Å²) in [7, 11) is 0. The van der Waals surface area contributed by atoms with Gasteiger partial charge >= 0.3 is 0 Å². The first kappa shape index (κ1) is 13.2. The van der Waals surface area contributed by atoms with Crippen LogP contribution in [0.5, 0.6) is 0 Å². The van der Waals surface area contributed by atoms with Crippen LogP contribution in [0.15, 0.2) is 42.7 Å². The molecule has 1 aromatic heterocycles. The van der Waals surface area contributed by atoms with Gasteiger partial charge in [0.25, 0.3) is 0 Å². The Morgan fingerprint density at radius 1 is 1.20 bits per heavy atom. The van der Waals surface area contributed by atoms with Crippen LogP contribution in [-0.4, -0.2) is 29.2 Å². The average Bonchev–Trinajstić information content (AvgIpc) is 2.98. The van der Waals surface area contributed by atoms with Crippen molar-refractivity contribution in [3.63, 3.8) is 0 Å². The smallest absolute Gasteiger partial charge is 0.207 e. The van der Waals surface area contributed by atoms with Crippen LogP contribution in [-0.2, 0) is 0 Å². The number of rotatable bonds is 5. The zero-order chi connectivity index (χ0) is 13.6. The molecule has 0 atom stereocenters. The lowest BCUT2D eigenvalue weighted by molar-refractivity contribution is 0.361. The molecule has 0 unspecified atom stereocenters. The van der Waals surface area contributed by atoms with Crippen LogP contribution in [0.3, 0.4) is 0 Å². The van der Waals surface area contributed by atoms with Gasteiger partial charge in [-0.25, -0.2) is 4.98 Å². The molecule has 2 aromatic rings. The van der Waals surface area contributed by atoms with Gasteiger partial charge in [0.15, 0.2) is 0 Å². The van der Waals surface area contributed by atoms with E-state index in [0.29, 0.717) is 0 Å². The highest BCUT2D eigenvalue weighted by molar-refractivity contribution is 5.41. The lowest BCUT2D eigenvalue weighted by Gasteiger charge is -2.22. The molecule has 2 heterocycles. The van der Waals surface area contributed by atoms with Crippen LogP contribution in [0.1, 0.15) is 19.3 Å². The summed E-state index contributed by atoms with van der Waals surface area (Å²) in [5, 5.41) is 6.88. The summed E-state index contributed by atoms with van der Waals surface area (Å²) < 4.78 is 2.10. The fraction of sp³-hybridized carbons (Fsp3) is 0.438. The number of imidazole rings is 1. The Morgan fingerprint density at radius 2 is 2.00 bits per heavy atom. The zero-order valence-corrected chi connectivity index (χ0v) is 11.8. The molecule has 1 fully saturated rings. The van der Waals surface area contributed by atoms with E-state index in [9.17, 15) is 0 Å². The molecule has 0 radical (unpaired) electrons. The van der Waals surface area contributed by atoms with Crippen LogP contribution in [0.4, 0.5) is 5.95 Å². The Morgan fingerprint density at radius 3 is 2.80 bits per heavy atom. The largest absolute Gasteiger partial charge is 0.355 e. The standard InChI is InChI=1S/C16H22N4/c1-2-4-15(5-3-1)20-13-12-19-16(20)18-11-8-14-6-9-17-10-7-14/h1-5,12-14,17H,6-11H2,(H,18,19). The summed E-state index contributed by atoms with van der Waals surface area (Å²) in [5.74, 6) is 1.79. The Bertz CT molecular complexity index is 514. The normalized spacial score (nSPS) is 16.2. The van der Waals surface area contributed by atoms with Crippen LogP contribution in [0.25, 0.3) is 5.69 Å². The van der Waals surface area contributed by atoms with Gasteiger partial charge in [0.05, 0.1) is 0 Å². The van der Waals surface area contributed by atoms with Crippen molar-refractivity contribution in [2.24, 2.45) is 5.92 Å². The summed E-state index contributed by atoms with van der Waals surface area (Å²) in [6, 6.07) is 10.3. The third-order valence-electron chi connectivity index (χ3n) is 3.97. The van der Waals surface area contributed by atoms with Crippen molar-refractivity contribution in [2.75, 3.05) is 25.0 Å². The third-order valence-corrected chi connectivity index (χ3v) is 3.97. The first-order chi connectivity index (χ1) is 9.93. The summed E-state index contributed by atoms with van der Waals surface area (Å²) >= 11 is 0. The SMILES string of the molecule is c1ccc(-n2ccnc2NCCC2CCNCC2)cc1. The molecular formula is C16H22N4. The molecule has 0 amide bonds. The number of nitrogens with one attached hydrogen (secondary N) is 2. The predicted molar refractivity (Wildman–Crippen MR) is 82.3 cm³/mol. The van der Waals surface area contributed by atoms with Crippen LogP contribution in [0.2, 0.25) is 0 Å². The molecule has 0 saturated carbocycles. The minimum atomic E-state index is 0.851. The van der Waals surface area contributed by atoms with Crippen molar-refractivity contribution in [1.29, 1.82) is 0 Å². The molecule has 106 valence electrons. The second-order valence-corrected chi connectivity index (χ2v) is 5.37. The minimum Gasteiger partial charge on any atom is -0.355 e. The lowest BCUT2D eigenvalue weighted by Crippen LogP contribution is -2.28. The van der Waals surface area contributed by atoms with Gasteiger partial charge in [-0.2, -0.15) is 0 Å². The van der Waals surface area contributed by atoms with E-state index in [1.807, 2.05) is 30.6 Å². The van der Waals surface area contributed by atoms with Gasteiger partial charge in [-0.1, -0.05) is 18.2 Å². The summed E-state index contributed by atoms with van der Waals surface area (Å²) in [6.45, 7) is 3.33. The van der Waals surface area contributed by atoms with Crippen molar-refractivity contribution in [1.82, 2.24) is 14.9 Å². The Hall–Kier alpha value is -1.81. The highest BCUT2D eigenvalue weighted by atomic mass is 15.2. The number of anilines is 1. The van der Waals surface area contributed by atoms with E-state index in [1.54, 1.807) is 0 Å². The first-order valence-corrected chi connectivity index (χ1v) is 7.47. The number of benzene rings is 1. The molecule has 20 heavy (non-hydrogen) atoms. The van der Waals surface area contributed by atoms with Gasteiger partial charge < -0.3 is 10.6 Å². The molecule has 0 bridgehead atoms. The van der Waals surface area contributed by atoms with E-state index in [1.165, 1.54) is 32.4 Å². The third kappa shape index (κ3) is 3.20. The van der Waals surface area contributed by atoms with E-state index >= 15 is 0 Å². The van der Waals surface area contributed by atoms with Gasteiger partial charge in [0.1, 0.15) is 0 Å². The minimum absolute atomic E-state index is 0.851. The van der Waals surface area contributed by atoms with Crippen molar-refractivity contribution in [3.05, 3.63) is 42.7 Å². The Labute approximate surface area is 120 Å². The fourth-order valence-electron chi connectivity index (χ4n) is 2.79. The monoisotopic (exact) mass is 270 g/mol. The fourth-order valence-corrected chi connectivity index (χ4v) is 2.79. The van der Waals surface area contributed by atoms with Crippen molar-refractivity contribution in [2.45, 2.75) is 19.3 Å². The molecule has 1 aliphatic heterocycles. The van der Waals surface area contributed by atoms with Crippen molar-refractivity contribution < 1.29 is 0 Å². The van der Waals surface area contributed by atoms with E-state index in [4.69, 9.17) is 0 Å². The number of aromatic nitrogens is 2. The van der Waals surface area contributed by atoms with E-state index in [-0.39, 0.29) is 0 Å². The van der Waals surface area contributed by atoms with Gasteiger partial charge in [0.2, 0.25) is 5.95 Å². The van der Waals surface area contributed by atoms with E-state index < -0.39 is 0 Å². The van der Waals surface area contributed by atoms with Gasteiger partial charge in [0, 0.05) is 24.6 Å². The molecule has 2 N–H and O–H groups in total. The van der Waals surface area contributed by atoms with Crippen LogP contribution >= 0.6 is 0 Å². The summed E-state index contributed by atoms with van der Waals surface area (Å²) in [6.07, 6.45) is 7.68. The van der Waals surface area contributed by atoms with Crippen LogP contribution < -0.4 is 10.6 Å². The van der Waals surface area contributed by atoms with E-state index in [2.05, 4.69) is 32.3 Å². The Kier molecular flexibility index (Phi) is 4.33. The highest BCUT2D eigenvalue weighted by Crippen LogP contribution is 2.17. The number of piperidine rings is 1. The maximum absolute atomic E-state index is 4.41. The molecule has 0 spiro atoms. The molecule has 1 aliphatic rings. The molecule has 4 heteroatoms. The molecule has 4 nitrogen and oxygen atoms in total. The van der Waals surface area contributed by atoms with Crippen molar-refractivity contribution in [3.8, 4) is 5.69 Å². The van der Waals surface area contributed by atoms with Gasteiger partial charge in [-0.15, -0.1) is 0 Å². The molecule has 1 aromatic carbocycles. The maximum atomic E-state index is 4.41. The molecular weight excluding hydrogens is 248 g/mol. The quantitative estimate of drug-likeness (QED) is 0.877. The first-order valence-electron chi connectivity index (χ1n) is 7.47. The van der Waals surface area contributed by atoms with Gasteiger partial charge in [-0.3, -0.25) is 4.57 Å². The maximum Gasteiger partial charge on any atom is 0.207 e. The number of nitrogens with zero attached hydrogens (tertiary/aromatic N) is 2. The second kappa shape index (κ2) is 6.57. The number of hydrogen-bond acceptors (Lipinski definition) is 3. The highest BCUT2D eigenvalue weighted by Gasteiger charge is 2.12. The lowest BCUT2D eigenvalue weighted by atomic mass is 9.95. The number of para-hydroxylation sites is 1. The van der Waals surface area contributed by atoms with Crippen molar-refractivity contribution >= 4 is 5.95 Å². The zero-order valence-electron chi connectivity index (χ0n) is 11.8. The summed E-state index contributed by atoms with van der Waals surface area (Å²) in [5.41, 5.74) is 1.15. The Balaban J connectivity index is 1.57. The second-order valence-electron chi connectivity index (χ2n) is 5.37. The summed E-state index contributed by atoms with van der Waals surface area (Å²) in [4.78, 5) is 4.41. The number of hydrogen-bond donors (Lipinski definition) is 2. The molecule has 3 rings (SSSR count). The van der Waals surface area contributed by atoms with Gasteiger partial charge in [-0.05, 0) is 50.4 Å². The molecule has 1 saturated heterocycles. The van der Waals surface area contributed by atoms with Crippen LogP contribution in [0, 0.1) is 5.92 Å². The topological polar surface area (TPSA) is 41.9 Å².